The van der Waals surface area contributed by atoms with E-state index in [0.29, 0.717) is 17.9 Å². The Kier molecular flexibility index (Phi) is 6.01. The number of ether oxygens (including phenoxy) is 1. The first-order valence-electron chi connectivity index (χ1n) is 8.76. The second kappa shape index (κ2) is 8.81. The standard InChI is InChI=1S/C22H20N2O4/c1-15-5-2-3-7-18(15)20-11-16(14-28-17-6-4-10-23-12-17)8-9-19(20)22(27)24-13-21(25)26/h2-12H,13-14H2,1H3,(H,24,27)(H,25,26). The van der Waals surface area contributed by atoms with Crippen molar-refractivity contribution in [3.05, 3.63) is 83.7 Å². The largest absolute Gasteiger partial charge is 0.487 e. The van der Waals surface area contributed by atoms with Crippen molar-refractivity contribution in [2.75, 3.05) is 6.54 Å². The number of nitrogens with one attached hydrogen (secondary N) is 1. The van der Waals surface area contributed by atoms with Crippen LogP contribution in [0.25, 0.3) is 11.1 Å². The molecule has 3 rings (SSSR count). The van der Waals surface area contributed by atoms with Gasteiger partial charge < -0.3 is 15.2 Å². The summed E-state index contributed by atoms with van der Waals surface area (Å²) in [6.07, 6.45) is 3.31. The Bertz CT molecular complexity index is 987. The van der Waals surface area contributed by atoms with E-state index in [4.69, 9.17) is 9.84 Å². The molecule has 2 N–H and O–H groups in total. The molecule has 0 aliphatic rings. The smallest absolute Gasteiger partial charge is 0.322 e. The van der Waals surface area contributed by atoms with Crippen LogP contribution in [0, 0.1) is 6.92 Å². The van der Waals surface area contributed by atoms with Crippen LogP contribution in [0.15, 0.2) is 67.0 Å². The molecule has 142 valence electrons. The molecule has 0 radical (unpaired) electrons. The Labute approximate surface area is 162 Å². The zero-order valence-corrected chi connectivity index (χ0v) is 15.4. The number of hydrogen-bond acceptors (Lipinski definition) is 4. The Morgan fingerprint density at radius 3 is 2.61 bits per heavy atom. The van der Waals surface area contributed by atoms with E-state index in [1.165, 1.54) is 0 Å². The molecule has 0 atom stereocenters. The van der Waals surface area contributed by atoms with Gasteiger partial charge in [0.1, 0.15) is 18.9 Å². The van der Waals surface area contributed by atoms with Crippen LogP contribution in [0.5, 0.6) is 5.75 Å². The van der Waals surface area contributed by atoms with Gasteiger partial charge in [0.25, 0.3) is 5.91 Å². The van der Waals surface area contributed by atoms with E-state index < -0.39 is 18.4 Å². The lowest BCUT2D eigenvalue weighted by molar-refractivity contribution is -0.135. The lowest BCUT2D eigenvalue weighted by atomic mass is 9.94. The molecule has 0 fully saturated rings. The van der Waals surface area contributed by atoms with Gasteiger partial charge in [-0.2, -0.15) is 0 Å². The van der Waals surface area contributed by atoms with Crippen LogP contribution in [0.3, 0.4) is 0 Å². The highest BCUT2D eigenvalue weighted by Gasteiger charge is 2.16. The molecule has 1 aromatic heterocycles. The summed E-state index contributed by atoms with van der Waals surface area (Å²) in [6, 6.07) is 16.7. The third-order valence-electron chi connectivity index (χ3n) is 4.20. The van der Waals surface area contributed by atoms with Crippen LogP contribution in [0.2, 0.25) is 0 Å². The first-order chi connectivity index (χ1) is 13.5. The molecule has 6 heteroatoms. The number of carboxylic acid groups (broad SMARTS) is 1. The lowest BCUT2D eigenvalue weighted by Gasteiger charge is -2.14. The normalized spacial score (nSPS) is 10.3. The van der Waals surface area contributed by atoms with Crippen LogP contribution in [0.4, 0.5) is 0 Å². The van der Waals surface area contributed by atoms with E-state index >= 15 is 0 Å². The predicted molar refractivity (Wildman–Crippen MR) is 105 cm³/mol. The van der Waals surface area contributed by atoms with Crippen molar-refractivity contribution in [3.63, 3.8) is 0 Å². The molecule has 3 aromatic rings. The molecule has 28 heavy (non-hydrogen) atoms. The number of amides is 1. The van der Waals surface area contributed by atoms with Crippen molar-refractivity contribution in [1.29, 1.82) is 0 Å². The molecular weight excluding hydrogens is 356 g/mol. The highest BCUT2D eigenvalue weighted by Crippen LogP contribution is 2.28. The topological polar surface area (TPSA) is 88.5 Å². The third kappa shape index (κ3) is 4.73. The van der Waals surface area contributed by atoms with Gasteiger partial charge in [0.05, 0.1) is 6.20 Å². The summed E-state index contributed by atoms with van der Waals surface area (Å²) >= 11 is 0. The second-order valence-electron chi connectivity index (χ2n) is 6.25. The average Bonchev–Trinajstić information content (AvgIpc) is 2.71. The van der Waals surface area contributed by atoms with E-state index in [0.717, 1.165) is 22.3 Å². The monoisotopic (exact) mass is 376 g/mol. The first kappa shape index (κ1) is 19.1. The predicted octanol–water partition coefficient (Wildman–Crippen LogP) is 3.45. The van der Waals surface area contributed by atoms with E-state index in [1.807, 2.05) is 43.3 Å². The molecule has 6 nitrogen and oxygen atoms in total. The van der Waals surface area contributed by atoms with Gasteiger partial charge >= 0.3 is 5.97 Å². The number of benzene rings is 2. The molecule has 1 heterocycles. The molecule has 0 saturated carbocycles. The van der Waals surface area contributed by atoms with Gasteiger partial charge in [0.2, 0.25) is 0 Å². The van der Waals surface area contributed by atoms with Crippen molar-refractivity contribution < 1.29 is 19.4 Å². The van der Waals surface area contributed by atoms with Gasteiger partial charge in [-0.3, -0.25) is 14.6 Å². The van der Waals surface area contributed by atoms with Gasteiger partial charge in [-0.25, -0.2) is 0 Å². The van der Waals surface area contributed by atoms with E-state index in [1.54, 1.807) is 30.6 Å². The van der Waals surface area contributed by atoms with Crippen LogP contribution in [0.1, 0.15) is 21.5 Å². The minimum Gasteiger partial charge on any atom is -0.487 e. The number of carbonyl (C=O) groups excluding carboxylic acids is 1. The molecule has 0 bridgehead atoms. The number of aliphatic carboxylic acids is 1. The molecule has 0 aliphatic carbocycles. The van der Waals surface area contributed by atoms with Crippen molar-refractivity contribution in [2.45, 2.75) is 13.5 Å². The fraction of sp³-hybridized carbons (Fsp3) is 0.136. The van der Waals surface area contributed by atoms with Gasteiger partial charge in [0, 0.05) is 11.8 Å². The zero-order valence-electron chi connectivity index (χ0n) is 15.4. The molecular formula is C22H20N2O4. The van der Waals surface area contributed by atoms with Crippen molar-refractivity contribution in [1.82, 2.24) is 10.3 Å². The van der Waals surface area contributed by atoms with Crippen LogP contribution in [-0.4, -0.2) is 28.5 Å². The number of aryl methyl sites for hydroxylation is 1. The number of hydrogen-bond donors (Lipinski definition) is 2. The Hall–Kier alpha value is -3.67. The maximum absolute atomic E-state index is 12.5. The molecule has 2 aromatic carbocycles. The number of carboxylic acids is 1. The Morgan fingerprint density at radius 1 is 1.07 bits per heavy atom. The van der Waals surface area contributed by atoms with Gasteiger partial charge in [-0.15, -0.1) is 0 Å². The molecule has 0 spiro atoms. The van der Waals surface area contributed by atoms with E-state index in [-0.39, 0.29) is 0 Å². The summed E-state index contributed by atoms with van der Waals surface area (Å²) < 4.78 is 5.75. The van der Waals surface area contributed by atoms with E-state index in [9.17, 15) is 9.59 Å². The highest BCUT2D eigenvalue weighted by molar-refractivity contribution is 6.02. The van der Waals surface area contributed by atoms with Gasteiger partial charge in [0.15, 0.2) is 0 Å². The number of nitrogens with zero attached hydrogens (tertiary/aromatic N) is 1. The van der Waals surface area contributed by atoms with Crippen LogP contribution < -0.4 is 10.1 Å². The minimum absolute atomic E-state index is 0.321. The number of aromatic nitrogens is 1. The summed E-state index contributed by atoms with van der Waals surface area (Å²) in [7, 11) is 0. The molecule has 0 saturated heterocycles. The van der Waals surface area contributed by atoms with Crippen molar-refractivity contribution in [3.8, 4) is 16.9 Å². The van der Waals surface area contributed by atoms with Crippen LogP contribution in [-0.2, 0) is 11.4 Å². The lowest BCUT2D eigenvalue weighted by Crippen LogP contribution is -2.29. The van der Waals surface area contributed by atoms with Crippen LogP contribution >= 0.6 is 0 Å². The Balaban J connectivity index is 1.92. The summed E-state index contributed by atoms with van der Waals surface area (Å²) in [5.41, 5.74) is 3.96. The summed E-state index contributed by atoms with van der Waals surface area (Å²) in [6.45, 7) is 1.85. The SMILES string of the molecule is Cc1ccccc1-c1cc(COc2cccnc2)ccc1C(=O)NCC(=O)O. The quantitative estimate of drug-likeness (QED) is 0.659. The summed E-state index contributed by atoms with van der Waals surface area (Å²) in [5.74, 6) is -0.865. The average molecular weight is 376 g/mol. The van der Waals surface area contributed by atoms with Gasteiger partial charge in [-0.1, -0.05) is 30.3 Å². The maximum atomic E-state index is 12.5. The summed E-state index contributed by atoms with van der Waals surface area (Å²) in [5, 5.41) is 11.3. The van der Waals surface area contributed by atoms with E-state index in [2.05, 4.69) is 10.3 Å². The fourth-order valence-corrected chi connectivity index (χ4v) is 2.83. The molecule has 1 amide bonds. The zero-order chi connectivity index (χ0) is 19.9. The number of rotatable bonds is 7. The first-order valence-corrected chi connectivity index (χ1v) is 8.76. The maximum Gasteiger partial charge on any atom is 0.322 e. The Morgan fingerprint density at radius 2 is 1.89 bits per heavy atom. The highest BCUT2D eigenvalue weighted by atomic mass is 16.5. The minimum atomic E-state index is -1.09. The fourth-order valence-electron chi connectivity index (χ4n) is 2.83. The second-order valence-corrected chi connectivity index (χ2v) is 6.25. The van der Waals surface area contributed by atoms with Crippen molar-refractivity contribution in [2.24, 2.45) is 0 Å². The van der Waals surface area contributed by atoms with Crippen molar-refractivity contribution >= 4 is 11.9 Å². The number of carbonyl (C=O) groups is 2. The summed E-state index contributed by atoms with van der Waals surface area (Å²) in [4.78, 5) is 27.3. The number of pyridine rings is 1. The molecule has 0 unspecified atom stereocenters. The molecule has 0 aliphatic heterocycles. The van der Waals surface area contributed by atoms with Gasteiger partial charge in [-0.05, 0) is 53.4 Å². The third-order valence-corrected chi connectivity index (χ3v) is 4.20.